The summed E-state index contributed by atoms with van der Waals surface area (Å²) in [7, 11) is 0. The van der Waals surface area contributed by atoms with Crippen molar-refractivity contribution in [3.05, 3.63) is 23.3 Å². The van der Waals surface area contributed by atoms with Gasteiger partial charge in [-0.1, -0.05) is 19.9 Å². The topological polar surface area (TPSA) is 23.9 Å². The third kappa shape index (κ3) is 5.40. The summed E-state index contributed by atoms with van der Waals surface area (Å²) in [5.41, 5.74) is -0.661. The first-order valence-electron chi connectivity index (χ1n) is 4.67. The van der Waals surface area contributed by atoms with Gasteiger partial charge < -0.3 is 5.41 Å². The van der Waals surface area contributed by atoms with Crippen LogP contribution in [0.15, 0.2) is 23.3 Å². The van der Waals surface area contributed by atoms with Crippen LogP contribution in [0, 0.1) is 11.3 Å². The van der Waals surface area contributed by atoms with Crippen LogP contribution in [0.3, 0.4) is 0 Å². The zero-order chi connectivity index (χ0) is 12.2. The van der Waals surface area contributed by atoms with E-state index >= 15 is 0 Å². The Hall–Kier alpha value is -1.06. The minimum Gasteiger partial charge on any atom is -0.306 e. The van der Waals surface area contributed by atoms with Gasteiger partial charge in [-0.05, 0) is 31.4 Å². The molecular weight excluding hydrogens is 203 g/mol. The van der Waals surface area contributed by atoms with Gasteiger partial charge in [0.25, 0.3) is 0 Å². The molecule has 0 spiro atoms. The number of hydrogen-bond donors (Lipinski definition) is 1. The molecule has 0 bridgehead atoms. The Morgan fingerprint density at radius 3 is 1.93 bits per heavy atom. The van der Waals surface area contributed by atoms with E-state index in [0.717, 1.165) is 6.08 Å². The van der Waals surface area contributed by atoms with Crippen molar-refractivity contribution < 1.29 is 13.2 Å². The fourth-order valence-electron chi connectivity index (χ4n) is 1.23. The van der Waals surface area contributed by atoms with Gasteiger partial charge in [0, 0.05) is 5.71 Å². The molecule has 0 fully saturated rings. The van der Waals surface area contributed by atoms with E-state index < -0.39 is 11.7 Å². The second-order valence-electron chi connectivity index (χ2n) is 3.83. The number of nitrogens with one attached hydrogen (secondary N) is 1. The second-order valence-corrected chi connectivity index (χ2v) is 3.83. The Morgan fingerprint density at radius 2 is 1.67 bits per heavy atom. The maximum Gasteiger partial charge on any atom is 0.416 e. The maximum absolute atomic E-state index is 12.6. The molecule has 15 heavy (non-hydrogen) atoms. The fourth-order valence-corrected chi connectivity index (χ4v) is 1.23. The lowest BCUT2D eigenvalue weighted by Crippen LogP contribution is -2.14. The van der Waals surface area contributed by atoms with Crippen molar-refractivity contribution in [1.82, 2.24) is 0 Å². The lowest BCUT2D eigenvalue weighted by Gasteiger charge is -2.13. The van der Waals surface area contributed by atoms with Crippen molar-refractivity contribution in [2.75, 3.05) is 0 Å². The highest BCUT2D eigenvalue weighted by Gasteiger charge is 2.34. The van der Waals surface area contributed by atoms with Gasteiger partial charge in [-0.2, -0.15) is 13.2 Å². The molecule has 0 amide bonds. The van der Waals surface area contributed by atoms with Gasteiger partial charge in [0.05, 0.1) is 5.57 Å². The molecule has 0 aliphatic rings. The van der Waals surface area contributed by atoms with Crippen LogP contribution in [0.5, 0.6) is 0 Å². The molecule has 0 rings (SSSR count). The molecule has 0 saturated heterocycles. The Balaban J connectivity index is 5.24. The minimum atomic E-state index is -4.39. The number of halogens is 3. The fraction of sp³-hybridized carbons (Fsp3) is 0.545. The van der Waals surface area contributed by atoms with Gasteiger partial charge in [-0.3, -0.25) is 0 Å². The predicted molar refractivity (Wildman–Crippen MR) is 56.1 cm³/mol. The highest BCUT2D eigenvalue weighted by atomic mass is 19.4. The smallest absolute Gasteiger partial charge is 0.306 e. The molecule has 0 aromatic rings. The number of alkyl halides is 3. The minimum absolute atomic E-state index is 0.0572. The lowest BCUT2D eigenvalue weighted by molar-refractivity contribution is -0.0892. The van der Waals surface area contributed by atoms with Crippen molar-refractivity contribution >= 4 is 5.71 Å². The van der Waals surface area contributed by atoms with Gasteiger partial charge in [0.2, 0.25) is 0 Å². The Bertz CT molecular complexity index is 295. The highest BCUT2D eigenvalue weighted by Crippen LogP contribution is 2.31. The van der Waals surface area contributed by atoms with E-state index in [9.17, 15) is 13.2 Å². The summed E-state index contributed by atoms with van der Waals surface area (Å²) in [6, 6.07) is 0. The maximum atomic E-state index is 12.6. The van der Waals surface area contributed by atoms with Crippen LogP contribution in [0.2, 0.25) is 0 Å². The molecule has 86 valence electrons. The number of rotatable bonds is 3. The summed E-state index contributed by atoms with van der Waals surface area (Å²) in [6.45, 7) is 6.38. The summed E-state index contributed by atoms with van der Waals surface area (Å²) in [5, 5.41) is 7.08. The first kappa shape index (κ1) is 13.9. The van der Waals surface area contributed by atoms with E-state index in [-0.39, 0.29) is 17.2 Å². The quantitative estimate of drug-likeness (QED) is 0.545. The molecule has 0 aromatic heterocycles. The average Bonchev–Trinajstić information content (AvgIpc) is 1.95. The Kier molecular flexibility index (Phi) is 4.78. The first-order valence-corrected chi connectivity index (χ1v) is 4.67. The van der Waals surface area contributed by atoms with Gasteiger partial charge in [0.1, 0.15) is 0 Å². The molecule has 1 N–H and O–H groups in total. The van der Waals surface area contributed by atoms with E-state index in [1.165, 1.54) is 13.8 Å². The van der Waals surface area contributed by atoms with Crippen molar-refractivity contribution in [3.8, 4) is 0 Å². The summed E-state index contributed by atoms with van der Waals surface area (Å²) in [4.78, 5) is 0. The van der Waals surface area contributed by atoms with Gasteiger partial charge in [-0.15, -0.1) is 0 Å². The molecule has 0 saturated carbocycles. The molecule has 1 nitrogen and oxygen atoms in total. The largest absolute Gasteiger partial charge is 0.416 e. The van der Waals surface area contributed by atoms with Gasteiger partial charge in [-0.25, -0.2) is 0 Å². The van der Waals surface area contributed by atoms with Crippen molar-refractivity contribution in [1.29, 1.82) is 5.41 Å². The zero-order valence-corrected chi connectivity index (χ0v) is 9.37. The van der Waals surface area contributed by atoms with E-state index in [4.69, 9.17) is 5.41 Å². The van der Waals surface area contributed by atoms with Crippen LogP contribution >= 0.6 is 0 Å². The van der Waals surface area contributed by atoms with Crippen molar-refractivity contribution in [2.24, 2.45) is 5.92 Å². The predicted octanol–water partition coefficient (Wildman–Crippen LogP) is 4.12. The second kappa shape index (κ2) is 5.14. The van der Waals surface area contributed by atoms with Crippen LogP contribution in [0.1, 0.15) is 27.7 Å². The van der Waals surface area contributed by atoms with E-state index in [2.05, 4.69) is 0 Å². The molecule has 0 radical (unpaired) electrons. The summed E-state index contributed by atoms with van der Waals surface area (Å²) in [5.74, 6) is 0.0572. The number of hydrogen-bond acceptors (Lipinski definition) is 1. The van der Waals surface area contributed by atoms with Gasteiger partial charge in [0.15, 0.2) is 0 Å². The Morgan fingerprint density at radius 1 is 1.20 bits per heavy atom. The monoisotopic (exact) mass is 219 g/mol. The SMILES string of the molecule is CC(=N)/C=C(\C(C)=CC(C)C)C(F)(F)F. The van der Waals surface area contributed by atoms with E-state index in [1.54, 1.807) is 6.08 Å². The van der Waals surface area contributed by atoms with Crippen molar-refractivity contribution in [3.63, 3.8) is 0 Å². The third-order valence-electron chi connectivity index (χ3n) is 1.67. The summed E-state index contributed by atoms with van der Waals surface area (Å²) in [6.07, 6.45) is -1.99. The average molecular weight is 219 g/mol. The zero-order valence-electron chi connectivity index (χ0n) is 9.37. The highest BCUT2D eigenvalue weighted by molar-refractivity contribution is 5.91. The lowest BCUT2D eigenvalue weighted by atomic mass is 10.0. The molecule has 0 heterocycles. The normalized spacial score (nSPS) is 14.7. The molecule has 0 unspecified atom stereocenters. The van der Waals surface area contributed by atoms with E-state index in [1.807, 2.05) is 13.8 Å². The number of allylic oxidation sites excluding steroid dienone is 4. The van der Waals surface area contributed by atoms with Gasteiger partial charge >= 0.3 is 6.18 Å². The molecule has 0 atom stereocenters. The molecular formula is C11H16F3N. The third-order valence-corrected chi connectivity index (χ3v) is 1.67. The van der Waals surface area contributed by atoms with Crippen molar-refractivity contribution in [2.45, 2.75) is 33.9 Å². The molecule has 0 aliphatic heterocycles. The van der Waals surface area contributed by atoms with Crippen LogP contribution in [0.25, 0.3) is 0 Å². The van der Waals surface area contributed by atoms with E-state index in [0.29, 0.717) is 0 Å². The molecule has 0 aromatic carbocycles. The van der Waals surface area contributed by atoms with Crippen LogP contribution in [-0.2, 0) is 0 Å². The van der Waals surface area contributed by atoms with Crippen LogP contribution < -0.4 is 0 Å². The Labute approximate surface area is 88.2 Å². The van der Waals surface area contributed by atoms with Crippen LogP contribution in [-0.4, -0.2) is 11.9 Å². The molecule has 4 heteroatoms. The van der Waals surface area contributed by atoms with Crippen LogP contribution in [0.4, 0.5) is 13.2 Å². The molecule has 0 aliphatic carbocycles. The summed E-state index contributed by atoms with van der Waals surface area (Å²) >= 11 is 0. The summed E-state index contributed by atoms with van der Waals surface area (Å²) < 4.78 is 37.7. The standard InChI is InChI=1S/C11H16F3N/c1-7(2)5-8(3)10(6-9(4)15)11(12,13)14/h5-7,15H,1-4H3/b8-5?,10-6+,15-9?. The first-order chi connectivity index (χ1) is 6.64.